The molecule has 0 spiro atoms. The Labute approximate surface area is 132 Å². The lowest BCUT2D eigenvalue weighted by Gasteiger charge is -2.27. The molecule has 0 saturated carbocycles. The molecule has 2 aromatic carbocycles. The van der Waals surface area contributed by atoms with Gasteiger partial charge in [-0.05, 0) is 35.7 Å². The quantitative estimate of drug-likeness (QED) is 0.885. The summed E-state index contributed by atoms with van der Waals surface area (Å²) in [6.07, 6.45) is -0.176. The second-order valence-corrected chi connectivity index (χ2v) is 5.39. The Morgan fingerprint density at radius 2 is 1.61 bits per heavy atom. The summed E-state index contributed by atoms with van der Waals surface area (Å²) in [6.45, 7) is 0.434. The molecular formula is C18H16F3NO. The molecule has 1 N–H and O–H groups in total. The van der Waals surface area contributed by atoms with Gasteiger partial charge in [-0.1, -0.05) is 36.4 Å². The van der Waals surface area contributed by atoms with Crippen molar-refractivity contribution in [2.45, 2.75) is 12.6 Å². The molecule has 1 aliphatic rings. The van der Waals surface area contributed by atoms with Crippen LogP contribution >= 0.6 is 0 Å². The largest absolute Gasteiger partial charge is 0.416 e. The molecule has 0 fully saturated rings. The van der Waals surface area contributed by atoms with Crippen molar-refractivity contribution in [1.82, 2.24) is 0 Å². The van der Waals surface area contributed by atoms with Crippen LogP contribution in [0.15, 0.2) is 42.5 Å². The van der Waals surface area contributed by atoms with Gasteiger partial charge in [-0.2, -0.15) is 13.2 Å². The summed E-state index contributed by atoms with van der Waals surface area (Å²) >= 11 is 0. The van der Waals surface area contributed by atoms with Gasteiger partial charge in [0, 0.05) is 24.5 Å². The number of aliphatic hydroxyl groups excluding tert-OH is 1. The maximum atomic E-state index is 13.1. The van der Waals surface area contributed by atoms with Crippen LogP contribution in [-0.2, 0) is 6.18 Å². The fraction of sp³-hybridized carbons (Fsp3) is 0.222. The van der Waals surface area contributed by atoms with Gasteiger partial charge in [-0.25, -0.2) is 0 Å². The van der Waals surface area contributed by atoms with Gasteiger partial charge >= 0.3 is 6.18 Å². The summed E-state index contributed by atoms with van der Waals surface area (Å²) in [5.41, 5.74) is 2.35. The molecular weight excluding hydrogens is 303 g/mol. The van der Waals surface area contributed by atoms with Crippen LogP contribution in [0.4, 0.5) is 24.5 Å². The second kappa shape index (κ2) is 6.08. The number of anilines is 2. The van der Waals surface area contributed by atoms with E-state index < -0.39 is 11.7 Å². The van der Waals surface area contributed by atoms with Gasteiger partial charge in [-0.15, -0.1) is 0 Å². The summed E-state index contributed by atoms with van der Waals surface area (Å²) in [4.78, 5) is 1.84. The zero-order chi connectivity index (χ0) is 16.4. The molecule has 2 nitrogen and oxygen atoms in total. The first-order chi connectivity index (χ1) is 11.0. The Balaban J connectivity index is 2.15. The molecule has 0 unspecified atom stereocenters. The summed E-state index contributed by atoms with van der Waals surface area (Å²) in [5, 5.41) is 9.12. The van der Waals surface area contributed by atoms with E-state index in [1.54, 1.807) is 0 Å². The van der Waals surface area contributed by atoms with E-state index in [1.807, 2.05) is 41.3 Å². The lowest BCUT2D eigenvalue weighted by molar-refractivity contribution is -0.137. The van der Waals surface area contributed by atoms with Crippen LogP contribution in [0.3, 0.4) is 0 Å². The van der Waals surface area contributed by atoms with E-state index >= 15 is 0 Å². The van der Waals surface area contributed by atoms with Crippen LogP contribution in [-0.4, -0.2) is 18.3 Å². The molecule has 0 saturated heterocycles. The van der Waals surface area contributed by atoms with Crippen LogP contribution in [0, 0.1) is 0 Å². The molecule has 0 aromatic heterocycles. The van der Waals surface area contributed by atoms with Crippen molar-refractivity contribution in [2.75, 3.05) is 18.1 Å². The number of rotatable bonds is 3. The van der Waals surface area contributed by atoms with Crippen LogP contribution in [0.2, 0.25) is 0 Å². The zero-order valence-electron chi connectivity index (χ0n) is 12.3. The number of para-hydroxylation sites is 1. The molecule has 1 aliphatic heterocycles. The van der Waals surface area contributed by atoms with Gasteiger partial charge in [0.25, 0.3) is 0 Å². The van der Waals surface area contributed by atoms with Gasteiger partial charge < -0.3 is 10.0 Å². The van der Waals surface area contributed by atoms with Gasteiger partial charge in [0.05, 0.1) is 5.56 Å². The third kappa shape index (κ3) is 3.10. The summed E-state index contributed by atoms with van der Waals surface area (Å²) in [6, 6.07) is 11.3. The third-order valence-electron chi connectivity index (χ3n) is 3.86. The molecule has 0 bridgehead atoms. The Morgan fingerprint density at radius 3 is 2.30 bits per heavy atom. The molecule has 0 aliphatic carbocycles. The highest BCUT2D eigenvalue weighted by Crippen LogP contribution is 2.39. The van der Waals surface area contributed by atoms with Crippen molar-refractivity contribution in [2.24, 2.45) is 0 Å². The van der Waals surface area contributed by atoms with Crippen LogP contribution in [0.1, 0.15) is 23.1 Å². The SMILES string of the molecule is OCCCN1c2ccccc2C=Cc2ccc(C(F)(F)F)cc21. The van der Waals surface area contributed by atoms with E-state index in [0.717, 1.165) is 22.9 Å². The Bertz CT molecular complexity index is 737. The fourth-order valence-corrected chi connectivity index (χ4v) is 2.75. The first-order valence-corrected chi connectivity index (χ1v) is 7.37. The van der Waals surface area contributed by atoms with E-state index in [0.29, 0.717) is 18.7 Å². The van der Waals surface area contributed by atoms with Gasteiger partial charge in [0.2, 0.25) is 0 Å². The van der Waals surface area contributed by atoms with E-state index in [-0.39, 0.29) is 6.61 Å². The highest BCUT2D eigenvalue weighted by molar-refractivity contribution is 5.88. The molecule has 120 valence electrons. The lowest BCUT2D eigenvalue weighted by Crippen LogP contribution is -2.21. The first kappa shape index (κ1) is 15.6. The third-order valence-corrected chi connectivity index (χ3v) is 3.86. The van der Waals surface area contributed by atoms with Crippen molar-refractivity contribution in [3.05, 3.63) is 59.2 Å². The van der Waals surface area contributed by atoms with E-state index in [2.05, 4.69) is 0 Å². The number of aliphatic hydroxyl groups is 1. The smallest absolute Gasteiger partial charge is 0.396 e. The van der Waals surface area contributed by atoms with E-state index in [4.69, 9.17) is 5.11 Å². The van der Waals surface area contributed by atoms with Crippen molar-refractivity contribution < 1.29 is 18.3 Å². The maximum absolute atomic E-state index is 13.1. The number of nitrogens with zero attached hydrogens (tertiary/aromatic N) is 1. The number of hydrogen-bond donors (Lipinski definition) is 1. The van der Waals surface area contributed by atoms with Crippen LogP contribution < -0.4 is 4.90 Å². The molecule has 0 radical (unpaired) electrons. The van der Waals surface area contributed by atoms with E-state index in [1.165, 1.54) is 12.1 Å². The number of fused-ring (bicyclic) bond motifs is 2. The number of benzene rings is 2. The van der Waals surface area contributed by atoms with Crippen LogP contribution in [0.5, 0.6) is 0 Å². The zero-order valence-corrected chi connectivity index (χ0v) is 12.3. The normalized spacial score (nSPS) is 13.5. The maximum Gasteiger partial charge on any atom is 0.416 e. The second-order valence-electron chi connectivity index (χ2n) is 5.39. The summed E-state index contributed by atoms with van der Waals surface area (Å²) in [7, 11) is 0. The highest BCUT2D eigenvalue weighted by atomic mass is 19.4. The predicted octanol–water partition coefficient (Wildman–Crippen LogP) is 4.71. The molecule has 1 heterocycles. The minimum absolute atomic E-state index is 0.0135. The summed E-state index contributed by atoms with van der Waals surface area (Å²) < 4.78 is 39.2. The highest BCUT2D eigenvalue weighted by Gasteiger charge is 2.32. The van der Waals surface area contributed by atoms with Crippen molar-refractivity contribution >= 4 is 23.5 Å². The molecule has 0 atom stereocenters. The van der Waals surface area contributed by atoms with Crippen molar-refractivity contribution in [1.29, 1.82) is 0 Å². The Kier molecular flexibility index (Phi) is 4.13. The van der Waals surface area contributed by atoms with E-state index in [9.17, 15) is 13.2 Å². The lowest BCUT2D eigenvalue weighted by atomic mass is 10.1. The standard InChI is InChI=1S/C18H16F3NO/c19-18(20,21)15-9-8-14-7-6-13-4-1-2-5-16(13)22(10-3-11-23)17(14)12-15/h1-2,4-9,12,23H,3,10-11H2. The fourth-order valence-electron chi connectivity index (χ4n) is 2.75. The summed E-state index contributed by atoms with van der Waals surface area (Å²) in [5.74, 6) is 0. The van der Waals surface area contributed by atoms with Crippen molar-refractivity contribution in [3.8, 4) is 0 Å². The van der Waals surface area contributed by atoms with Gasteiger partial charge in [0.15, 0.2) is 0 Å². The average Bonchev–Trinajstić information content (AvgIpc) is 2.68. The van der Waals surface area contributed by atoms with Crippen molar-refractivity contribution in [3.63, 3.8) is 0 Å². The number of alkyl halides is 3. The predicted molar refractivity (Wildman–Crippen MR) is 85.5 cm³/mol. The first-order valence-electron chi connectivity index (χ1n) is 7.37. The number of halogens is 3. The molecule has 3 rings (SSSR count). The van der Waals surface area contributed by atoms with Gasteiger partial charge in [-0.3, -0.25) is 0 Å². The molecule has 23 heavy (non-hydrogen) atoms. The number of hydrogen-bond acceptors (Lipinski definition) is 2. The molecule has 2 aromatic rings. The Morgan fingerprint density at radius 1 is 0.913 bits per heavy atom. The Hall–Kier alpha value is -2.27. The average molecular weight is 319 g/mol. The minimum Gasteiger partial charge on any atom is -0.396 e. The van der Waals surface area contributed by atoms with Crippen LogP contribution in [0.25, 0.3) is 12.2 Å². The monoisotopic (exact) mass is 319 g/mol. The van der Waals surface area contributed by atoms with Gasteiger partial charge in [0.1, 0.15) is 0 Å². The topological polar surface area (TPSA) is 23.5 Å². The minimum atomic E-state index is -4.38. The molecule has 0 amide bonds. The molecule has 5 heteroatoms.